The highest BCUT2D eigenvalue weighted by molar-refractivity contribution is 5.66. The maximum absolute atomic E-state index is 11.2. The zero-order chi connectivity index (χ0) is 12.1. The molecule has 3 nitrogen and oxygen atoms in total. The number of pyridine rings is 1. The summed E-state index contributed by atoms with van der Waals surface area (Å²) in [5, 5.41) is 0. The Kier molecular flexibility index (Phi) is 3.50. The summed E-state index contributed by atoms with van der Waals surface area (Å²) < 4.78 is 5.32. The van der Waals surface area contributed by atoms with Crippen LogP contribution in [0.15, 0.2) is 54.7 Å². The topological polar surface area (TPSA) is 39.2 Å². The van der Waals surface area contributed by atoms with Crippen molar-refractivity contribution in [3.05, 3.63) is 66.0 Å². The van der Waals surface area contributed by atoms with Crippen LogP contribution in [0.3, 0.4) is 0 Å². The van der Waals surface area contributed by atoms with E-state index in [-0.39, 0.29) is 5.97 Å². The molecule has 0 N–H and O–H groups in total. The van der Waals surface area contributed by atoms with Crippen molar-refractivity contribution in [3.63, 3.8) is 0 Å². The van der Waals surface area contributed by atoms with Crippen LogP contribution in [0.1, 0.15) is 24.3 Å². The number of ether oxygens (including phenoxy) is 1. The van der Waals surface area contributed by atoms with E-state index in [4.69, 9.17) is 4.74 Å². The fourth-order valence-corrected chi connectivity index (χ4v) is 1.62. The molecule has 0 aliphatic heterocycles. The quantitative estimate of drug-likeness (QED) is 0.757. The van der Waals surface area contributed by atoms with Crippen molar-refractivity contribution >= 4 is 5.97 Å². The molecule has 1 heterocycles. The van der Waals surface area contributed by atoms with Crippen LogP contribution in [0.2, 0.25) is 0 Å². The fraction of sp³-hybridized carbons (Fsp3) is 0.143. The van der Waals surface area contributed by atoms with Crippen LogP contribution < -0.4 is 0 Å². The first-order valence-electron chi connectivity index (χ1n) is 5.40. The second kappa shape index (κ2) is 5.25. The van der Waals surface area contributed by atoms with Gasteiger partial charge in [-0.15, -0.1) is 0 Å². The lowest BCUT2D eigenvalue weighted by atomic mass is 10.1. The predicted octanol–water partition coefficient (Wildman–Crippen LogP) is 2.73. The number of benzene rings is 1. The zero-order valence-electron chi connectivity index (χ0n) is 9.54. The molecule has 1 aromatic carbocycles. The van der Waals surface area contributed by atoms with E-state index in [1.54, 1.807) is 6.20 Å². The first kappa shape index (κ1) is 11.3. The minimum absolute atomic E-state index is 0.315. The Morgan fingerprint density at radius 2 is 1.82 bits per heavy atom. The normalized spacial score (nSPS) is 11.8. The molecule has 1 aromatic heterocycles. The third kappa shape index (κ3) is 2.91. The van der Waals surface area contributed by atoms with Gasteiger partial charge >= 0.3 is 5.97 Å². The third-order valence-electron chi connectivity index (χ3n) is 2.34. The van der Waals surface area contributed by atoms with Gasteiger partial charge < -0.3 is 4.74 Å². The summed E-state index contributed by atoms with van der Waals surface area (Å²) in [5.41, 5.74) is 1.65. The number of hydrogen-bond acceptors (Lipinski definition) is 3. The summed E-state index contributed by atoms with van der Waals surface area (Å²) in [6.45, 7) is 1.40. The van der Waals surface area contributed by atoms with E-state index < -0.39 is 6.10 Å². The molecule has 0 unspecified atom stereocenters. The van der Waals surface area contributed by atoms with Gasteiger partial charge in [0.2, 0.25) is 0 Å². The molecule has 0 radical (unpaired) electrons. The van der Waals surface area contributed by atoms with E-state index in [1.807, 2.05) is 48.5 Å². The van der Waals surface area contributed by atoms with E-state index in [0.29, 0.717) is 0 Å². The molecule has 0 spiro atoms. The lowest BCUT2D eigenvalue weighted by Gasteiger charge is -2.16. The minimum Gasteiger partial charge on any atom is -0.451 e. The Balaban J connectivity index is 2.36. The van der Waals surface area contributed by atoms with Crippen molar-refractivity contribution in [2.24, 2.45) is 0 Å². The summed E-state index contributed by atoms with van der Waals surface area (Å²) in [6.07, 6.45) is 1.25. The molecule has 17 heavy (non-hydrogen) atoms. The van der Waals surface area contributed by atoms with Gasteiger partial charge in [-0.25, -0.2) is 0 Å². The molecule has 0 saturated carbocycles. The Morgan fingerprint density at radius 3 is 2.41 bits per heavy atom. The van der Waals surface area contributed by atoms with Crippen molar-refractivity contribution in [2.75, 3.05) is 0 Å². The lowest BCUT2D eigenvalue weighted by molar-refractivity contribution is -0.144. The zero-order valence-corrected chi connectivity index (χ0v) is 9.54. The maximum Gasteiger partial charge on any atom is 0.303 e. The van der Waals surface area contributed by atoms with Crippen molar-refractivity contribution in [2.45, 2.75) is 13.0 Å². The van der Waals surface area contributed by atoms with Gasteiger partial charge in [-0.1, -0.05) is 36.4 Å². The van der Waals surface area contributed by atoms with Gasteiger partial charge in [0.25, 0.3) is 0 Å². The van der Waals surface area contributed by atoms with Crippen LogP contribution in [-0.4, -0.2) is 11.0 Å². The summed E-state index contributed by atoms with van der Waals surface area (Å²) in [4.78, 5) is 15.4. The number of nitrogens with zero attached hydrogens (tertiary/aromatic N) is 1. The maximum atomic E-state index is 11.2. The molecule has 0 saturated heterocycles. The third-order valence-corrected chi connectivity index (χ3v) is 2.34. The molecule has 0 fully saturated rings. The van der Waals surface area contributed by atoms with Crippen LogP contribution in [0.4, 0.5) is 0 Å². The summed E-state index contributed by atoms with van der Waals surface area (Å²) >= 11 is 0. The highest BCUT2D eigenvalue weighted by Gasteiger charge is 2.17. The lowest BCUT2D eigenvalue weighted by Crippen LogP contribution is -2.11. The van der Waals surface area contributed by atoms with Crippen LogP contribution in [0.5, 0.6) is 0 Å². The number of rotatable bonds is 3. The Morgan fingerprint density at radius 1 is 1.12 bits per heavy atom. The molecular weight excluding hydrogens is 214 g/mol. The Hall–Kier alpha value is -2.16. The molecule has 2 aromatic rings. The van der Waals surface area contributed by atoms with E-state index in [2.05, 4.69) is 4.98 Å². The second-order valence-electron chi connectivity index (χ2n) is 3.65. The van der Waals surface area contributed by atoms with Gasteiger partial charge in [-0.3, -0.25) is 9.78 Å². The molecule has 0 bridgehead atoms. The van der Waals surface area contributed by atoms with Crippen molar-refractivity contribution < 1.29 is 9.53 Å². The standard InChI is InChI=1S/C14H13NO2/c1-11(16)17-14(12-7-3-2-4-8-12)13-9-5-6-10-15-13/h2-10,14H,1H3/t14-/m1/s1. The molecule has 86 valence electrons. The van der Waals surface area contributed by atoms with E-state index in [0.717, 1.165) is 11.3 Å². The number of carbonyl (C=O) groups is 1. The van der Waals surface area contributed by atoms with Gasteiger partial charge in [0.15, 0.2) is 6.10 Å². The first-order chi connectivity index (χ1) is 8.27. The van der Waals surface area contributed by atoms with Crippen molar-refractivity contribution in [3.8, 4) is 0 Å². The van der Waals surface area contributed by atoms with Gasteiger partial charge in [-0.05, 0) is 17.7 Å². The predicted molar refractivity (Wildman–Crippen MR) is 64.3 cm³/mol. The largest absolute Gasteiger partial charge is 0.451 e. The number of esters is 1. The van der Waals surface area contributed by atoms with Gasteiger partial charge in [0.1, 0.15) is 0 Å². The summed E-state index contributed by atoms with van der Waals surface area (Å²) in [7, 11) is 0. The van der Waals surface area contributed by atoms with Crippen LogP contribution >= 0.6 is 0 Å². The molecule has 0 amide bonds. The Bertz CT molecular complexity index is 443. The minimum atomic E-state index is -0.435. The number of carbonyl (C=O) groups excluding carboxylic acids is 1. The van der Waals surface area contributed by atoms with E-state index in [1.165, 1.54) is 6.92 Å². The number of hydrogen-bond donors (Lipinski definition) is 0. The Labute approximate surface area is 100 Å². The van der Waals surface area contributed by atoms with Gasteiger partial charge in [-0.2, -0.15) is 0 Å². The fourth-order valence-electron chi connectivity index (χ4n) is 1.62. The number of aromatic nitrogens is 1. The summed E-state index contributed by atoms with van der Waals surface area (Å²) in [5.74, 6) is -0.315. The molecular formula is C14H13NO2. The van der Waals surface area contributed by atoms with Crippen molar-refractivity contribution in [1.82, 2.24) is 4.98 Å². The molecule has 3 heteroatoms. The van der Waals surface area contributed by atoms with E-state index in [9.17, 15) is 4.79 Å². The molecule has 1 atom stereocenters. The average molecular weight is 227 g/mol. The van der Waals surface area contributed by atoms with Gasteiger partial charge in [0.05, 0.1) is 5.69 Å². The molecule has 0 aliphatic rings. The smallest absolute Gasteiger partial charge is 0.303 e. The second-order valence-corrected chi connectivity index (χ2v) is 3.65. The van der Waals surface area contributed by atoms with Crippen LogP contribution in [0, 0.1) is 0 Å². The van der Waals surface area contributed by atoms with Crippen molar-refractivity contribution in [1.29, 1.82) is 0 Å². The van der Waals surface area contributed by atoms with Gasteiger partial charge in [0, 0.05) is 13.1 Å². The molecule has 2 rings (SSSR count). The average Bonchev–Trinajstić information content (AvgIpc) is 2.38. The van der Waals surface area contributed by atoms with E-state index >= 15 is 0 Å². The SMILES string of the molecule is CC(=O)O[C@H](c1ccccc1)c1ccccn1. The molecule has 0 aliphatic carbocycles. The highest BCUT2D eigenvalue weighted by Crippen LogP contribution is 2.23. The summed E-state index contributed by atoms with van der Waals surface area (Å²) in [6, 6.07) is 15.1. The van der Waals surface area contributed by atoms with Crippen LogP contribution in [0.25, 0.3) is 0 Å². The first-order valence-corrected chi connectivity index (χ1v) is 5.40. The van der Waals surface area contributed by atoms with Crippen LogP contribution in [-0.2, 0) is 9.53 Å². The monoisotopic (exact) mass is 227 g/mol. The highest BCUT2D eigenvalue weighted by atomic mass is 16.5.